The van der Waals surface area contributed by atoms with Crippen LogP contribution in [0.15, 0.2) is 0 Å². The first-order valence-electron chi connectivity index (χ1n) is 3.16. The summed E-state index contributed by atoms with van der Waals surface area (Å²) in [6.45, 7) is 0. The molecule has 76 valence electrons. The van der Waals surface area contributed by atoms with Gasteiger partial charge in [-0.15, -0.1) is 0 Å². The predicted molar refractivity (Wildman–Crippen MR) is 34.9 cm³/mol. The quantitative estimate of drug-likeness (QED) is 0.269. The fraction of sp³-hybridized carbons (Fsp3) is 0.600. The summed E-state index contributed by atoms with van der Waals surface area (Å²) < 4.78 is 0. The number of hydrogen-bond acceptors (Lipinski definition) is 6. The van der Waals surface area contributed by atoms with Crippen molar-refractivity contribution in [2.45, 2.75) is 18.6 Å². The first-order chi connectivity index (χ1) is 5.80. The third-order valence-electron chi connectivity index (χ3n) is 1.36. The van der Waals surface area contributed by atoms with Crippen LogP contribution in [-0.4, -0.2) is 48.6 Å². The lowest BCUT2D eigenvalue weighted by Crippen LogP contribution is -2.52. The van der Waals surface area contributed by atoms with Crippen LogP contribution in [0, 0.1) is 0 Å². The Balaban J connectivity index is 4.43. The lowest BCUT2D eigenvalue weighted by Gasteiger charge is -2.25. The second-order valence-corrected chi connectivity index (χ2v) is 2.30. The van der Waals surface area contributed by atoms with Crippen molar-refractivity contribution in [1.29, 1.82) is 0 Å². The molecule has 0 aliphatic rings. The van der Waals surface area contributed by atoms with Crippen molar-refractivity contribution >= 4 is 11.9 Å². The van der Waals surface area contributed by atoms with Gasteiger partial charge in [-0.2, -0.15) is 0 Å². The van der Waals surface area contributed by atoms with Crippen LogP contribution in [0.5, 0.6) is 0 Å². The van der Waals surface area contributed by atoms with Crippen LogP contribution < -0.4 is 0 Å². The molecule has 8 nitrogen and oxygen atoms in total. The lowest BCUT2D eigenvalue weighted by atomic mass is 10.1. The molecular formula is C5H9NO7. The Kier molecular flexibility index (Phi) is 3.75. The number of hydrogen-bond donors (Lipinski definition) is 5. The number of rotatable bonds is 5. The second kappa shape index (κ2) is 4.14. The Morgan fingerprint density at radius 3 is 1.92 bits per heavy atom. The minimum absolute atomic E-state index is 0.708. The van der Waals surface area contributed by atoms with Crippen molar-refractivity contribution < 1.29 is 35.3 Å². The third-order valence-corrected chi connectivity index (χ3v) is 1.36. The van der Waals surface area contributed by atoms with Gasteiger partial charge >= 0.3 is 11.9 Å². The molecule has 0 aromatic carbocycles. The van der Waals surface area contributed by atoms with E-state index in [0.29, 0.717) is 0 Å². The minimum atomic E-state index is -2.99. The largest absolute Gasteiger partial charge is 0.481 e. The van der Waals surface area contributed by atoms with Gasteiger partial charge in [-0.05, 0) is 5.23 Å². The Morgan fingerprint density at radius 2 is 1.69 bits per heavy atom. The molecule has 0 amide bonds. The van der Waals surface area contributed by atoms with Crippen molar-refractivity contribution in [2.75, 3.05) is 0 Å². The molecule has 0 saturated carbocycles. The zero-order chi connectivity index (χ0) is 10.6. The molecule has 1 atom stereocenters. The Labute approximate surface area is 72.2 Å². The first-order valence-corrected chi connectivity index (χ1v) is 3.16. The minimum Gasteiger partial charge on any atom is -0.481 e. The molecule has 0 aliphatic heterocycles. The molecule has 0 fully saturated rings. The van der Waals surface area contributed by atoms with E-state index in [1.807, 2.05) is 0 Å². The normalized spacial score (nSPS) is 15.4. The van der Waals surface area contributed by atoms with Gasteiger partial charge in [-0.3, -0.25) is 15.2 Å². The molecular weight excluding hydrogens is 186 g/mol. The molecule has 0 aliphatic carbocycles. The number of carboxylic acids is 2. The van der Waals surface area contributed by atoms with E-state index in [1.165, 1.54) is 0 Å². The average molecular weight is 195 g/mol. The highest BCUT2D eigenvalue weighted by Crippen LogP contribution is 2.15. The molecule has 13 heavy (non-hydrogen) atoms. The fourth-order valence-corrected chi connectivity index (χ4v) is 0.574. The maximum atomic E-state index is 10.3. The summed E-state index contributed by atoms with van der Waals surface area (Å²) in [5, 5.41) is 41.2. The Bertz CT molecular complexity index is 215. The van der Waals surface area contributed by atoms with Gasteiger partial charge in [0.2, 0.25) is 0 Å². The van der Waals surface area contributed by atoms with Crippen LogP contribution in [0.25, 0.3) is 0 Å². The third kappa shape index (κ3) is 2.95. The maximum Gasteiger partial charge on any atom is 0.356 e. The summed E-state index contributed by atoms with van der Waals surface area (Å²) in [7, 11) is 0. The van der Waals surface area contributed by atoms with Crippen LogP contribution in [-0.2, 0) is 9.59 Å². The van der Waals surface area contributed by atoms with Crippen LogP contribution >= 0.6 is 0 Å². The zero-order valence-electron chi connectivity index (χ0n) is 6.41. The van der Waals surface area contributed by atoms with Crippen molar-refractivity contribution in [1.82, 2.24) is 5.23 Å². The van der Waals surface area contributed by atoms with Crippen molar-refractivity contribution in [3.8, 4) is 0 Å². The SMILES string of the molecule is O=C(O)CC[C@@](O)(C(=O)O)N(O)O. The topological polar surface area (TPSA) is 139 Å². The second-order valence-electron chi connectivity index (χ2n) is 2.30. The molecule has 0 rings (SSSR count). The summed E-state index contributed by atoms with van der Waals surface area (Å²) in [5.41, 5.74) is -2.99. The highest BCUT2D eigenvalue weighted by molar-refractivity contribution is 5.77. The van der Waals surface area contributed by atoms with E-state index in [9.17, 15) is 9.59 Å². The summed E-state index contributed by atoms with van der Waals surface area (Å²) in [6.07, 6.45) is -1.55. The summed E-state index contributed by atoms with van der Waals surface area (Å²) >= 11 is 0. The summed E-state index contributed by atoms with van der Waals surface area (Å²) in [6, 6.07) is 0. The number of hydroxylamine groups is 2. The molecule has 0 aromatic heterocycles. The number of aliphatic carboxylic acids is 2. The van der Waals surface area contributed by atoms with E-state index in [4.69, 9.17) is 25.7 Å². The standard InChI is InChI=1S/C5H9NO7/c7-3(8)1-2-5(11,4(9)10)6(12)13/h11-13H,1-2H2,(H,7,8)(H,9,10)/t5-/m1/s1. The molecule has 0 aromatic rings. The molecule has 8 heteroatoms. The van der Waals surface area contributed by atoms with Gasteiger partial charge in [0.1, 0.15) is 0 Å². The molecule has 0 bridgehead atoms. The maximum absolute atomic E-state index is 10.3. The van der Waals surface area contributed by atoms with Crippen molar-refractivity contribution in [3.05, 3.63) is 0 Å². The van der Waals surface area contributed by atoms with Gasteiger partial charge in [-0.25, -0.2) is 4.79 Å². The van der Waals surface area contributed by atoms with E-state index in [2.05, 4.69) is 0 Å². The van der Waals surface area contributed by atoms with E-state index in [1.54, 1.807) is 0 Å². The number of carboxylic acid groups (broad SMARTS) is 2. The first kappa shape index (κ1) is 11.8. The molecule has 0 unspecified atom stereocenters. The predicted octanol–water partition coefficient (Wildman–Crippen LogP) is -1.30. The fourth-order valence-electron chi connectivity index (χ4n) is 0.574. The number of nitrogens with zero attached hydrogens (tertiary/aromatic N) is 1. The van der Waals surface area contributed by atoms with E-state index in [-0.39, 0.29) is 0 Å². The van der Waals surface area contributed by atoms with Gasteiger partial charge in [0.25, 0.3) is 5.72 Å². The van der Waals surface area contributed by atoms with Crippen LogP contribution in [0.4, 0.5) is 0 Å². The van der Waals surface area contributed by atoms with Crippen LogP contribution in [0.2, 0.25) is 0 Å². The van der Waals surface area contributed by atoms with Gasteiger partial charge in [0, 0.05) is 6.42 Å². The zero-order valence-corrected chi connectivity index (χ0v) is 6.41. The molecule has 0 radical (unpaired) electrons. The molecule has 0 heterocycles. The van der Waals surface area contributed by atoms with Gasteiger partial charge in [0.05, 0.1) is 6.42 Å². The Hall–Kier alpha value is -1.22. The average Bonchev–Trinajstić information content (AvgIpc) is 1.99. The van der Waals surface area contributed by atoms with Crippen LogP contribution in [0.3, 0.4) is 0 Å². The van der Waals surface area contributed by atoms with Crippen molar-refractivity contribution in [3.63, 3.8) is 0 Å². The van der Waals surface area contributed by atoms with Gasteiger partial charge < -0.3 is 15.3 Å². The summed E-state index contributed by atoms with van der Waals surface area (Å²) in [5.74, 6) is -3.31. The van der Waals surface area contributed by atoms with E-state index >= 15 is 0 Å². The van der Waals surface area contributed by atoms with Crippen LogP contribution in [0.1, 0.15) is 12.8 Å². The number of carbonyl (C=O) groups is 2. The molecule has 0 spiro atoms. The lowest BCUT2D eigenvalue weighted by molar-refractivity contribution is -0.403. The number of aliphatic hydroxyl groups is 1. The van der Waals surface area contributed by atoms with Gasteiger partial charge in [-0.1, -0.05) is 0 Å². The summed E-state index contributed by atoms with van der Waals surface area (Å²) in [4.78, 5) is 20.3. The highest BCUT2D eigenvalue weighted by Gasteiger charge is 2.42. The highest BCUT2D eigenvalue weighted by atomic mass is 16.8. The molecule has 0 saturated heterocycles. The van der Waals surface area contributed by atoms with E-state index in [0.717, 1.165) is 0 Å². The van der Waals surface area contributed by atoms with Crippen molar-refractivity contribution in [2.24, 2.45) is 0 Å². The molecule has 5 N–H and O–H groups in total. The smallest absolute Gasteiger partial charge is 0.356 e. The van der Waals surface area contributed by atoms with E-state index < -0.39 is 35.7 Å². The monoisotopic (exact) mass is 195 g/mol. The Morgan fingerprint density at radius 1 is 1.23 bits per heavy atom. The van der Waals surface area contributed by atoms with Gasteiger partial charge in [0.15, 0.2) is 0 Å².